The van der Waals surface area contributed by atoms with Crippen molar-refractivity contribution in [2.45, 2.75) is 63.7 Å². The first-order chi connectivity index (χ1) is 17.9. The molecule has 1 unspecified atom stereocenters. The Labute approximate surface area is 215 Å². The predicted octanol–water partition coefficient (Wildman–Crippen LogP) is 1.96. The summed E-state index contributed by atoms with van der Waals surface area (Å²) in [4.78, 5) is 45.8. The lowest BCUT2D eigenvalue weighted by atomic mass is 10.0. The van der Waals surface area contributed by atoms with E-state index in [-0.39, 0.29) is 24.1 Å². The molecule has 10 heteroatoms. The highest BCUT2D eigenvalue weighted by atomic mass is 16.2. The van der Waals surface area contributed by atoms with Crippen LogP contribution in [0.4, 0.5) is 5.69 Å². The number of carbonyl (C=O) groups is 3. The van der Waals surface area contributed by atoms with E-state index in [0.29, 0.717) is 36.0 Å². The molecule has 37 heavy (non-hydrogen) atoms. The van der Waals surface area contributed by atoms with Crippen LogP contribution in [0.5, 0.6) is 0 Å². The van der Waals surface area contributed by atoms with Gasteiger partial charge in [0.1, 0.15) is 17.6 Å². The van der Waals surface area contributed by atoms with E-state index < -0.39 is 11.9 Å². The number of pyridine rings is 1. The van der Waals surface area contributed by atoms with Crippen molar-refractivity contribution in [1.29, 1.82) is 5.41 Å². The molecule has 6 rings (SSSR count). The lowest BCUT2D eigenvalue weighted by molar-refractivity contribution is -0.136. The zero-order chi connectivity index (χ0) is 25.7. The fourth-order valence-corrected chi connectivity index (χ4v) is 5.57. The fraction of sp³-hybridized carbons (Fsp3) is 0.444. The number of rotatable bonds is 7. The monoisotopic (exact) mass is 501 g/mol. The highest BCUT2D eigenvalue weighted by Gasteiger charge is 2.39. The number of aromatic nitrogens is 1. The number of amides is 3. The number of nitrogens with zero attached hydrogens (tertiary/aromatic N) is 3. The molecule has 3 aliphatic heterocycles. The van der Waals surface area contributed by atoms with E-state index in [1.54, 1.807) is 11.0 Å². The summed E-state index contributed by atoms with van der Waals surface area (Å²) in [6.45, 7) is 3.16. The van der Waals surface area contributed by atoms with Gasteiger partial charge >= 0.3 is 0 Å². The summed E-state index contributed by atoms with van der Waals surface area (Å²) in [5.41, 5.74) is 11.3. The van der Waals surface area contributed by atoms with Crippen molar-refractivity contribution in [2.24, 2.45) is 5.73 Å². The normalized spacial score (nSPS) is 21.8. The van der Waals surface area contributed by atoms with Crippen molar-refractivity contribution < 1.29 is 14.4 Å². The molecular weight excluding hydrogens is 470 g/mol. The number of carbonyl (C=O) groups excluding carboxylic acids is 3. The van der Waals surface area contributed by atoms with Crippen molar-refractivity contribution in [3.05, 3.63) is 46.6 Å². The standard InChI is InChI=1S/C27H31N7O3/c28-25(29)24-23(30-18-4-5-18)17(13-33-9-1-2-10-33)12-20(31-24)15-3-6-19-16(11-15)14-34(27(19)37)21-7-8-22(35)32-26(21)36/h3,6,11-12,18,21,30H,1-2,4-5,7-10,13-14H2,(H3,28,29)(H,32,35,36). The van der Waals surface area contributed by atoms with Crippen LogP contribution < -0.4 is 16.4 Å². The maximum atomic E-state index is 13.1. The number of likely N-dealkylation sites (tertiary alicyclic amines) is 1. The van der Waals surface area contributed by atoms with Gasteiger partial charge in [-0.05, 0) is 74.5 Å². The van der Waals surface area contributed by atoms with Gasteiger partial charge in [0.25, 0.3) is 5.91 Å². The Morgan fingerprint density at radius 1 is 1.14 bits per heavy atom. The minimum absolute atomic E-state index is 0.0759. The van der Waals surface area contributed by atoms with E-state index >= 15 is 0 Å². The Hall–Kier alpha value is -3.79. The molecule has 4 aliphatic rings. The van der Waals surface area contributed by atoms with E-state index in [9.17, 15) is 14.4 Å². The molecule has 10 nitrogen and oxygen atoms in total. The van der Waals surface area contributed by atoms with Gasteiger partial charge in [-0.1, -0.05) is 6.07 Å². The van der Waals surface area contributed by atoms with Gasteiger partial charge in [-0.2, -0.15) is 0 Å². The second-order valence-electron chi connectivity index (χ2n) is 10.5. The Bertz CT molecular complexity index is 1310. The lowest BCUT2D eigenvalue weighted by Crippen LogP contribution is -2.52. The summed E-state index contributed by atoms with van der Waals surface area (Å²) in [5, 5.41) is 14.2. The second kappa shape index (κ2) is 9.26. The topological polar surface area (TPSA) is 145 Å². The van der Waals surface area contributed by atoms with E-state index in [1.165, 1.54) is 12.8 Å². The fourth-order valence-electron chi connectivity index (χ4n) is 5.57. The molecule has 0 radical (unpaired) electrons. The molecule has 1 aromatic heterocycles. The first-order valence-corrected chi connectivity index (χ1v) is 13.0. The Kier molecular flexibility index (Phi) is 5.91. The first kappa shape index (κ1) is 23.6. The van der Waals surface area contributed by atoms with E-state index in [1.807, 2.05) is 12.1 Å². The number of hydrogen-bond acceptors (Lipinski definition) is 7. The largest absolute Gasteiger partial charge is 0.382 e. The third kappa shape index (κ3) is 4.57. The van der Waals surface area contributed by atoms with E-state index in [2.05, 4.69) is 21.6 Å². The molecule has 0 spiro atoms. The molecule has 1 aliphatic carbocycles. The molecule has 3 amide bonds. The van der Waals surface area contributed by atoms with Crippen LogP contribution in [0.1, 0.15) is 65.7 Å². The zero-order valence-corrected chi connectivity index (χ0v) is 20.7. The molecule has 1 aromatic carbocycles. The second-order valence-corrected chi connectivity index (χ2v) is 10.5. The van der Waals surface area contributed by atoms with Gasteiger partial charge in [0.05, 0.1) is 11.4 Å². The number of benzene rings is 1. The van der Waals surface area contributed by atoms with Crippen LogP contribution >= 0.6 is 0 Å². The van der Waals surface area contributed by atoms with E-state index in [0.717, 1.165) is 54.9 Å². The molecule has 4 heterocycles. The van der Waals surface area contributed by atoms with Crippen LogP contribution in [0, 0.1) is 5.41 Å². The maximum absolute atomic E-state index is 13.1. The molecule has 1 atom stereocenters. The van der Waals surface area contributed by atoms with Gasteiger partial charge in [-0.3, -0.25) is 30.0 Å². The number of nitrogen functional groups attached to an aromatic ring is 1. The van der Waals surface area contributed by atoms with Crippen LogP contribution in [0.2, 0.25) is 0 Å². The number of nitrogens with two attached hydrogens (primary N) is 1. The predicted molar refractivity (Wildman–Crippen MR) is 138 cm³/mol. The minimum atomic E-state index is -0.650. The van der Waals surface area contributed by atoms with Crippen LogP contribution in [0.25, 0.3) is 11.3 Å². The molecule has 0 bridgehead atoms. The smallest absolute Gasteiger partial charge is 0.255 e. The molecule has 1 saturated carbocycles. The summed E-state index contributed by atoms with van der Waals surface area (Å²) >= 11 is 0. The number of imide groups is 1. The van der Waals surface area contributed by atoms with Crippen molar-refractivity contribution in [2.75, 3.05) is 18.4 Å². The van der Waals surface area contributed by atoms with E-state index in [4.69, 9.17) is 16.1 Å². The minimum Gasteiger partial charge on any atom is -0.382 e. The quantitative estimate of drug-likeness (QED) is 0.258. The summed E-state index contributed by atoms with van der Waals surface area (Å²) in [6, 6.07) is 7.41. The van der Waals surface area contributed by atoms with Crippen LogP contribution in [-0.4, -0.2) is 63.5 Å². The molecular formula is C27H31N7O3. The Morgan fingerprint density at radius 3 is 2.62 bits per heavy atom. The summed E-state index contributed by atoms with van der Waals surface area (Å²) in [5.74, 6) is -1.000. The Balaban J connectivity index is 1.34. The highest BCUT2D eigenvalue weighted by molar-refractivity contribution is 6.05. The molecule has 192 valence electrons. The van der Waals surface area contributed by atoms with Gasteiger partial charge in [-0.25, -0.2) is 4.98 Å². The van der Waals surface area contributed by atoms with Crippen molar-refractivity contribution in [1.82, 2.24) is 20.1 Å². The molecule has 2 saturated heterocycles. The van der Waals surface area contributed by atoms with Gasteiger partial charge in [0, 0.05) is 36.7 Å². The number of fused-ring (bicyclic) bond motifs is 1. The van der Waals surface area contributed by atoms with Crippen molar-refractivity contribution >= 4 is 29.2 Å². The average Bonchev–Trinajstić information content (AvgIpc) is 3.43. The number of hydrogen-bond donors (Lipinski definition) is 4. The maximum Gasteiger partial charge on any atom is 0.255 e. The molecule has 2 aromatic rings. The van der Waals surface area contributed by atoms with Gasteiger partial charge in [0.2, 0.25) is 11.8 Å². The van der Waals surface area contributed by atoms with Crippen molar-refractivity contribution in [3.63, 3.8) is 0 Å². The number of anilines is 1. The van der Waals surface area contributed by atoms with Gasteiger partial charge < -0.3 is 16.0 Å². The summed E-state index contributed by atoms with van der Waals surface area (Å²) < 4.78 is 0. The van der Waals surface area contributed by atoms with Crippen molar-refractivity contribution in [3.8, 4) is 11.3 Å². The SMILES string of the molecule is N=C(N)c1nc(-c2ccc3c(c2)CN(C2CCC(=O)NC2=O)C3=O)cc(CN2CCCC2)c1NC1CC1. The third-order valence-electron chi connectivity index (χ3n) is 7.69. The number of piperidine rings is 1. The average molecular weight is 502 g/mol. The lowest BCUT2D eigenvalue weighted by Gasteiger charge is -2.29. The zero-order valence-electron chi connectivity index (χ0n) is 20.7. The third-order valence-corrected chi connectivity index (χ3v) is 7.69. The molecule has 5 N–H and O–H groups in total. The number of amidine groups is 1. The first-order valence-electron chi connectivity index (χ1n) is 13.0. The molecule has 3 fully saturated rings. The number of nitrogens with one attached hydrogen (secondary N) is 3. The summed E-state index contributed by atoms with van der Waals surface area (Å²) in [6.07, 6.45) is 5.13. The van der Waals surface area contributed by atoms with Gasteiger partial charge in [0.15, 0.2) is 0 Å². The summed E-state index contributed by atoms with van der Waals surface area (Å²) in [7, 11) is 0. The van der Waals surface area contributed by atoms with Crippen LogP contribution in [-0.2, 0) is 22.7 Å². The van der Waals surface area contributed by atoms with Crippen LogP contribution in [0.3, 0.4) is 0 Å². The van der Waals surface area contributed by atoms with Crippen LogP contribution in [0.15, 0.2) is 24.3 Å². The Morgan fingerprint density at radius 2 is 1.92 bits per heavy atom. The highest BCUT2D eigenvalue weighted by Crippen LogP contribution is 2.35. The van der Waals surface area contributed by atoms with Gasteiger partial charge in [-0.15, -0.1) is 0 Å².